The highest BCUT2D eigenvalue weighted by Crippen LogP contribution is 2.22. The van der Waals surface area contributed by atoms with Gasteiger partial charge in [0.05, 0.1) is 11.3 Å². The molecule has 6 heteroatoms. The summed E-state index contributed by atoms with van der Waals surface area (Å²) in [6.45, 7) is 0. The van der Waals surface area contributed by atoms with Gasteiger partial charge in [-0.2, -0.15) is 0 Å². The van der Waals surface area contributed by atoms with E-state index < -0.39 is 5.56 Å². The third kappa shape index (κ3) is 3.90. The second-order valence-corrected chi connectivity index (χ2v) is 6.22. The lowest BCUT2D eigenvalue weighted by Crippen LogP contribution is -2.15. The number of hydrogen-bond acceptors (Lipinski definition) is 3. The number of allylic oxidation sites excluding steroid dienone is 1. The number of rotatable bonds is 4. The first kappa shape index (κ1) is 17.2. The van der Waals surface area contributed by atoms with Crippen LogP contribution >= 0.6 is 23.8 Å². The Hall–Kier alpha value is -2.63. The topological polar surface area (TPSA) is 58.0 Å². The quantitative estimate of drug-likeness (QED) is 0.664. The molecule has 1 heterocycles. The van der Waals surface area contributed by atoms with E-state index in [-0.39, 0.29) is 16.2 Å². The Bertz CT molecular complexity index is 1020. The number of aromatic nitrogens is 2. The molecular formula is C19H15ClN2O2S. The van der Waals surface area contributed by atoms with Crippen LogP contribution in [0.3, 0.4) is 0 Å². The minimum Gasteiger partial charge on any atom is -0.494 e. The van der Waals surface area contributed by atoms with Gasteiger partial charge in [-0.05, 0) is 54.5 Å². The van der Waals surface area contributed by atoms with E-state index in [1.807, 2.05) is 36.4 Å². The largest absolute Gasteiger partial charge is 0.494 e. The highest BCUT2D eigenvalue weighted by molar-refractivity contribution is 7.71. The summed E-state index contributed by atoms with van der Waals surface area (Å²) >= 11 is 11.1. The van der Waals surface area contributed by atoms with Gasteiger partial charge >= 0.3 is 0 Å². The third-order valence-electron chi connectivity index (χ3n) is 3.69. The van der Waals surface area contributed by atoms with E-state index in [1.54, 1.807) is 30.3 Å². The standard InChI is InChI=1S/C19H15ClN2O2S/c20-14-9-11-15(12-10-14)22-18(24)16(17(23)21-19(22)25)8-4-7-13-5-2-1-3-6-13/h1-6,8-12,24H,7H2,(H,21,23,25). The van der Waals surface area contributed by atoms with E-state index >= 15 is 0 Å². The molecule has 1 aromatic heterocycles. The van der Waals surface area contributed by atoms with Crippen LogP contribution in [0.5, 0.6) is 5.88 Å². The van der Waals surface area contributed by atoms with Crippen LogP contribution in [-0.2, 0) is 6.42 Å². The van der Waals surface area contributed by atoms with Crippen molar-refractivity contribution in [2.45, 2.75) is 6.42 Å². The summed E-state index contributed by atoms with van der Waals surface area (Å²) in [6.07, 6.45) is 4.08. The van der Waals surface area contributed by atoms with Crippen LogP contribution in [0.15, 0.2) is 65.5 Å². The number of halogens is 1. The second kappa shape index (κ2) is 7.51. The van der Waals surface area contributed by atoms with Gasteiger partial charge in [0.1, 0.15) is 0 Å². The van der Waals surface area contributed by atoms with Crippen molar-refractivity contribution in [2.75, 3.05) is 0 Å². The van der Waals surface area contributed by atoms with Gasteiger partial charge in [-0.1, -0.05) is 48.0 Å². The maximum absolute atomic E-state index is 12.2. The molecule has 0 bridgehead atoms. The summed E-state index contributed by atoms with van der Waals surface area (Å²) in [4.78, 5) is 14.8. The Labute approximate surface area is 154 Å². The highest BCUT2D eigenvalue weighted by Gasteiger charge is 2.11. The number of hydrogen-bond donors (Lipinski definition) is 2. The first-order valence-electron chi connectivity index (χ1n) is 7.61. The van der Waals surface area contributed by atoms with E-state index in [2.05, 4.69) is 4.98 Å². The fourth-order valence-corrected chi connectivity index (χ4v) is 2.86. The molecule has 0 fully saturated rings. The normalized spacial score (nSPS) is 11.1. The molecule has 0 amide bonds. The Kier molecular flexibility index (Phi) is 5.16. The van der Waals surface area contributed by atoms with E-state index in [4.69, 9.17) is 23.8 Å². The number of nitrogens with one attached hydrogen (secondary N) is 1. The van der Waals surface area contributed by atoms with Crippen LogP contribution < -0.4 is 5.56 Å². The molecule has 0 saturated heterocycles. The molecule has 0 saturated carbocycles. The molecule has 25 heavy (non-hydrogen) atoms. The van der Waals surface area contributed by atoms with Crippen LogP contribution in [0.4, 0.5) is 0 Å². The average Bonchev–Trinajstić information content (AvgIpc) is 2.60. The molecule has 0 aliphatic heterocycles. The minimum absolute atomic E-state index is 0.116. The molecule has 126 valence electrons. The van der Waals surface area contributed by atoms with E-state index in [1.165, 1.54) is 4.57 Å². The SMILES string of the molecule is O=c1[nH]c(=S)n(-c2ccc(Cl)cc2)c(O)c1C=CCc1ccccc1. The lowest BCUT2D eigenvalue weighted by atomic mass is 10.1. The molecule has 0 spiro atoms. The van der Waals surface area contributed by atoms with Gasteiger partial charge in [0.25, 0.3) is 5.56 Å². The van der Waals surface area contributed by atoms with Gasteiger partial charge in [0.15, 0.2) is 4.77 Å². The van der Waals surface area contributed by atoms with E-state index in [0.717, 1.165) is 5.56 Å². The molecule has 2 aromatic carbocycles. The van der Waals surface area contributed by atoms with Crippen LogP contribution in [0.25, 0.3) is 11.8 Å². The minimum atomic E-state index is -0.433. The highest BCUT2D eigenvalue weighted by atomic mass is 35.5. The van der Waals surface area contributed by atoms with Gasteiger partial charge in [-0.25, -0.2) is 0 Å². The van der Waals surface area contributed by atoms with Crippen molar-refractivity contribution >= 4 is 29.9 Å². The first-order valence-corrected chi connectivity index (χ1v) is 8.39. The van der Waals surface area contributed by atoms with Crippen molar-refractivity contribution in [1.29, 1.82) is 0 Å². The lowest BCUT2D eigenvalue weighted by Gasteiger charge is -2.11. The van der Waals surface area contributed by atoms with Crippen LogP contribution in [0.1, 0.15) is 11.1 Å². The van der Waals surface area contributed by atoms with E-state index in [0.29, 0.717) is 17.1 Å². The summed E-state index contributed by atoms with van der Waals surface area (Å²) in [6, 6.07) is 16.6. The maximum Gasteiger partial charge on any atom is 0.262 e. The maximum atomic E-state index is 12.2. The average molecular weight is 371 g/mol. The fraction of sp³-hybridized carbons (Fsp3) is 0.0526. The van der Waals surface area contributed by atoms with Crippen LogP contribution in [0.2, 0.25) is 5.02 Å². The zero-order valence-corrected chi connectivity index (χ0v) is 14.7. The van der Waals surface area contributed by atoms with Crippen molar-refractivity contribution in [3.63, 3.8) is 0 Å². The van der Waals surface area contributed by atoms with Crippen molar-refractivity contribution in [3.05, 3.63) is 91.9 Å². The molecule has 0 atom stereocenters. The lowest BCUT2D eigenvalue weighted by molar-refractivity contribution is 0.432. The number of H-pyrrole nitrogens is 1. The van der Waals surface area contributed by atoms with Crippen molar-refractivity contribution < 1.29 is 5.11 Å². The molecular weight excluding hydrogens is 356 g/mol. The zero-order valence-electron chi connectivity index (χ0n) is 13.1. The Balaban J connectivity index is 2.00. The Morgan fingerprint density at radius 3 is 2.48 bits per heavy atom. The van der Waals surface area contributed by atoms with Gasteiger partial charge in [-0.3, -0.25) is 14.3 Å². The summed E-state index contributed by atoms with van der Waals surface area (Å²) in [7, 11) is 0. The molecule has 0 unspecified atom stereocenters. The molecule has 2 N–H and O–H groups in total. The Morgan fingerprint density at radius 2 is 1.80 bits per heavy atom. The monoisotopic (exact) mass is 370 g/mol. The zero-order chi connectivity index (χ0) is 17.8. The second-order valence-electron chi connectivity index (χ2n) is 5.40. The van der Waals surface area contributed by atoms with Gasteiger partial charge in [0, 0.05) is 5.02 Å². The van der Waals surface area contributed by atoms with Crippen molar-refractivity contribution in [1.82, 2.24) is 9.55 Å². The molecule has 0 aliphatic rings. The Morgan fingerprint density at radius 1 is 1.12 bits per heavy atom. The van der Waals surface area contributed by atoms with Crippen molar-refractivity contribution in [2.24, 2.45) is 0 Å². The summed E-state index contributed by atoms with van der Waals surface area (Å²) in [5.41, 5.74) is 1.44. The third-order valence-corrected chi connectivity index (χ3v) is 4.22. The van der Waals surface area contributed by atoms with Gasteiger partial charge in [0.2, 0.25) is 5.88 Å². The van der Waals surface area contributed by atoms with Gasteiger partial charge < -0.3 is 5.11 Å². The summed E-state index contributed by atoms with van der Waals surface area (Å²) < 4.78 is 1.51. The fourth-order valence-electron chi connectivity index (χ4n) is 2.45. The molecule has 3 rings (SSSR count). The number of aromatic hydroxyl groups is 1. The summed E-state index contributed by atoms with van der Waals surface area (Å²) in [5.74, 6) is -0.208. The summed E-state index contributed by atoms with van der Waals surface area (Å²) in [5, 5.41) is 11.1. The predicted molar refractivity (Wildman–Crippen MR) is 103 cm³/mol. The first-order chi connectivity index (χ1) is 12.1. The van der Waals surface area contributed by atoms with Crippen molar-refractivity contribution in [3.8, 4) is 11.6 Å². The van der Waals surface area contributed by atoms with Gasteiger partial charge in [-0.15, -0.1) is 0 Å². The molecule has 0 aliphatic carbocycles. The van der Waals surface area contributed by atoms with Crippen LogP contribution in [-0.4, -0.2) is 14.7 Å². The number of nitrogens with zero attached hydrogens (tertiary/aromatic N) is 1. The molecule has 0 radical (unpaired) electrons. The number of benzene rings is 2. The predicted octanol–water partition coefficient (Wildman–Crippen LogP) is 4.51. The molecule has 3 aromatic rings. The van der Waals surface area contributed by atoms with Crippen LogP contribution in [0, 0.1) is 4.77 Å². The van der Waals surface area contributed by atoms with E-state index in [9.17, 15) is 9.90 Å². The smallest absolute Gasteiger partial charge is 0.262 e. The molecule has 4 nitrogen and oxygen atoms in total. The number of aromatic amines is 1.